The summed E-state index contributed by atoms with van der Waals surface area (Å²) in [6.45, 7) is 6.44. The van der Waals surface area contributed by atoms with E-state index in [1.54, 1.807) is 0 Å². The van der Waals surface area contributed by atoms with Crippen molar-refractivity contribution >= 4 is 17.9 Å². The molecule has 0 heterocycles. The van der Waals surface area contributed by atoms with Gasteiger partial charge in [-0.25, -0.2) is 0 Å². The molecule has 0 spiro atoms. The van der Waals surface area contributed by atoms with E-state index in [1.807, 2.05) is 6.08 Å². The zero-order valence-corrected chi connectivity index (χ0v) is 49.8. The molecule has 0 amide bonds. The number of esters is 3. The highest BCUT2D eigenvalue weighted by Gasteiger charge is 2.19. The number of hydrogen-bond acceptors (Lipinski definition) is 6. The molecule has 0 saturated carbocycles. The van der Waals surface area contributed by atoms with Gasteiger partial charge in [-0.3, -0.25) is 14.4 Å². The third-order valence-corrected chi connectivity index (χ3v) is 14.2. The molecule has 434 valence electrons. The lowest BCUT2D eigenvalue weighted by atomic mass is 10.0. The molecule has 0 aliphatic heterocycles. The highest BCUT2D eigenvalue weighted by molar-refractivity contribution is 5.71. The van der Waals surface area contributed by atoms with Crippen LogP contribution in [0, 0.1) is 0 Å². The van der Waals surface area contributed by atoms with Gasteiger partial charge in [0, 0.05) is 19.3 Å². The van der Waals surface area contributed by atoms with Crippen molar-refractivity contribution in [3.63, 3.8) is 0 Å². The minimum absolute atomic E-state index is 0.104. The molecular formula is C69H122O6. The Morgan fingerprint density at radius 2 is 0.560 bits per heavy atom. The van der Waals surface area contributed by atoms with Crippen LogP contribution in [0.5, 0.6) is 0 Å². The first-order valence-electron chi connectivity index (χ1n) is 32.4. The maximum atomic E-state index is 12.8. The van der Waals surface area contributed by atoms with Crippen LogP contribution in [-0.2, 0) is 28.6 Å². The molecule has 0 radical (unpaired) electrons. The van der Waals surface area contributed by atoms with Gasteiger partial charge in [0.05, 0.1) is 0 Å². The van der Waals surface area contributed by atoms with Crippen LogP contribution in [0.1, 0.15) is 329 Å². The molecule has 1 atom stereocenters. The summed E-state index contributed by atoms with van der Waals surface area (Å²) in [6.07, 6.45) is 82.5. The maximum absolute atomic E-state index is 12.8. The van der Waals surface area contributed by atoms with Gasteiger partial charge in [0.1, 0.15) is 13.2 Å². The fourth-order valence-electron chi connectivity index (χ4n) is 9.32. The van der Waals surface area contributed by atoms with E-state index in [1.165, 1.54) is 205 Å². The van der Waals surface area contributed by atoms with Crippen LogP contribution < -0.4 is 0 Å². The number of ether oxygens (including phenoxy) is 3. The molecule has 0 aromatic rings. The van der Waals surface area contributed by atoms with Gasteiger partial charge in [-0.2, -0.15) is 0 Å². The first-order chi connectivity index (χ1) is 37.0. The summed E-state index contributed by atoms with van der Waals surface area (Å²) in [5.41, 5.74) is 0. The number of hydrogen-bond donors (Lipinski definition) is 0. The number of carbonyl (C=O) groups excluding carboxylic acids is 3. The molecule has 1 unspecified atom stereocenters. The van der Waals surface area contributed by atoms with Crippen LogP contribution in [0.25, 0.3) is 0 Å². The molecule has 6 nitrogen and oxygen atoms in total. The Labute approximate surface area is 465 Å². The van der Waals surface area contributed by atoms with Crippen LogP contribution in [0.3, 0.4) is 0 Å². The molecule has 0 aromatic carbocycles. The van der Waals surface area contributed by atoms with Gasteiger partial charge in [0.15, 0.2) is 6.10 Å². The lowest BCUT2D eigenvalue weighted by molar-refractivity contribution is -0.166. The van der Waals surface area contributed by atoms with E-state index >= 15 is 0 Å². The summed E-state index contributed by atoms with van der Waals surface area (Å²) < 4.78 is 16.8. The number of allylic oxidation sites excluding steroid dienone is 12. The smallest absolute Gasteiger partial charge is 0.306 e. The maximum Gasteiger partial charge on any atom is 0.306 e. The van der Waals surface area contributed by atoms with Crippen molar-refractivity contribution in [1.82, 2.24) is 0 Å². The Bertz CT molecular complexity index is 1390. The van der Waals surface area contributed by atoms with E-state index in [0.29, 0.717) is 19.3 Å². The summed E-state index contributed by atoms with van der Waals surface area (Å²) in [4.78, 5) is 38.1. The van der Waals surface area contributed by atoms with Gasteiger partial charge >= 0.3 is 17.9 Å². The molecule has 0 bridgehead atoms. The van der Waals surface area contributed by atoms with Gasteiger partial charge in [-0.1, -0.05) is 293 Å². The zero-order chi connectivity index (χ0) is 54.3. The van der Waals surface area contributed by atoms with Crippen molar-refractivity contribution in [3.8, 4) is 0 Å². The molecule has 75 heavy (non-hydrogen) atoms. The topological polar surface area (TPSA) is 78.9 Å². The average Bonchev–Trinajstić information content (AvgIpc) is 3.41. The summed E-state index contributed by atoms with van der Waals surface area (Å²) in [5.74, 6) is -0.987. The largest absolute Gasteiger partial charge is 0.462 e. The van der Waals surface area contributed by atoms with Crippen molar-refractivity contribution < 1.29 is 28.6 Å². The van der Waals surface area contributed by atoms with E-state index in [0.717, 1.165) is 77.0 Å². The normalized spacial score (nSPS) is 12.5. The van der Waals surface area contributed by atoms with Crippen LogP contribution in [0.2, 0.25) is 0 Å². The second-order valence-corrected chi connectivity index (χ2v) is 21.6. The van der Waals surface area contributed by atoms with Crippen molar-refractivity contribution in [2.75, 3.05) is 13.2 Å². The van der Waals surface area contributed by atoms with E-state index in [2.05, 4.69) is 87.6 Å². The molecule has 0 N–H and O–H groups in total. The van der Waals surface area contributed by atoms with Crippen LogP contribution in [0.15, 0.2) is 72.9 Å². The second-order valence-electron chi connectivity index (χ2n) is 21.6. The Morgan fingerprint density at radius 3 is 0.907 bits per heavy atom. The molecule has 0 aromatic heterocycles. The lowest BCUT2D eigenvalue weighted by Gasteiger charge is -2.18. The highest BCUT2D eigenvalue weighted by atomic mass is 16.6. The van der Waals surface area contributed by atoms with Gasteiger partial charge in [0.25, 0.3) is 0 Å². The fraction of sp³-hybridized carbons (Fsp3) is 0.783. The van der Waals surface area contributed by atoms with Gasteiger partial charge in [0.2, 0.25) is 0 Å². The summed E-state index contributed by atoms with van der Waals surface area (Å²) in [7, 11) is 0. The molecule has 6 heteroatoms. The van der Waals surface area contributed by atoms with Crippen LogP contribution in [0.4, 0.5) is 0 Å². The molecule has 0 rings (SSSR count). The average molecular weight is 1050 g/mol. The summed E-state index contributed by atoms with van der Waals surface area (Å²) >= 11 is 0. The molecule has 0 aliphatic carbocycles. The van der Waals surface area contributed by atoms with E-state index in [-0.39, 0.29) is 37.5 Å². The van der Waals surface area contributed by atoms with Crippen LogP contribution in [-0.4, -0.2) is 37.2 Å². The third kappa shape index (κ3) is 61.6. The zero-order valence-electron chi connectivity index (χ0n) is 49.8. The van der Waals surface area contributed by atoms with Crippen molar-refractivity contribution in [2.24, 2.45) is 0 Å². The predicted molar refractivity (Wildman–Crippen MR) is 325 cm³/mol. The quantitative estimate of drug-likeness (QED) is 0.0261. The van der Waals surface area contributed by atoms with Crippen molar-refractivity contribution in [3.05, 3.63) is 72.9 Å². The molecule has 0 saturated heterocycles. The Kier molecular flexibility index (Phi) is 60.7. The number of unbranched alkanes of at least 4 members (excludes halogenated alkanes) is 36. The van der Waals surface area contributed by atoms with E-state index in [4.69, 9.17) is 14.2 Å². The van der Waals surface area contributed by atoms with Gasteiger partial charge < -0.3 is 14.2 Å². The first-order valence-corrected chi connectivity index (χ1v) is 32.4. The predicted octanol–water partition coefficient (Wildman–Crippen LogP) is 22.1. The van der Waals surface area contributed by atoms with Crippen LogP contribution >= 0.6 is 0 Å². The van der Waals surface area contributed by atoms with Crippen molar-refractivity contribution in [1.29, 1.82) is 0 Å². The van der Waals surface area contributed by atoms with E-state index in [9.17, 15) is 14.4 Å². The number of carbonyl (C=O) groups is 3. The molecule has 0 fully saturated rings. The fourth-order valence-corrected chi connectivity index (χ4v) is 9.32. The minimum atomic E-state index is -0.815. The molecular weight excluding hydrogens is 925 g/mol. The number of rotatable bonds is 59. The monoisotopic (exact) mass is 1050 g/mol. The minimum Gasteiger partial charge on any atom is -0.462 e. The van der Waals surface area contributed by atoms with Gasteiger partial charge in [-0.05, 0) is 89.9 Å². The van der Waals surface area contributed by atoms with E-state index < -0.39 is 6.10 Å². The lowest BCUT2D eigenvalue weighted by Crippen LogP contribution is -2.30. The SMILES string of the molecule is CC/C=C\C/C=C\C/C=C\C/C=C\CCC(=O)OC(COC(=O)CCCCCCC/C=C\CCCC)COC(=O)CCCCCCCCCCCCCCCCCCCCCCC/C=C\CCCCCCCCCC. The Balaban J connectivity index is 4.07. The van der Waals surface area contributed by atoms with Gasteiger partial charge in [-0.15, -0.1) is 0 Å². The van der Waals surface area contributed by atoms with Crippen molar-refractivity contribution in [2.45, 2.75) is 335 Å². The highest BCUT2D eigenvalue weighted by Crippen LogP contribution is 2.17. The molecule has 0 aliphatic rings. The Hall–Kier alpha value is -3.15. The summed E-state index contributed by atoms with van der Waals surface area (Å²) in [6, 6.07) is 0. The summed E-state index contributed by atoms with van der Waals surface area (Å²) in [5, 5.41) is 0. The standard InChI is InChI=1S/C69H122O6/c1-4-7-10-13-16-19-22-24-25-26-27-28-29-30-31-32-33-34-35-36-37-38-39-40-41-42-43-45-47-50-53-56-59-62-68(71)74-65-66(64-73-67(70)61-58-55-52-49-46-21-18-15-12-9-6-3)75-69(72)63-60-57-54-51-48-44-23-20-17-14-11-8-5-2/h8,11,15,17-18,20,26-27,44,48,54,57,66H,4-7,9-10,12-14,16,19,21-25,28-43,45-47,49-53,55-56,58-65H2,1-3H3/b11-8-,18-15-,20-17-,27-26-,48-44-,57-54-. The third-order valence-electron chi connectivity index (χ3n) is 14.2. The second kappa shape index (κ2) is 63.4. The Morgan fingerprint density at radius 1 is 0.280 bits per heavy atom. The first kappa shape index (κ1) is 71.8.